The normalized spacial score (nSPS) is 11.8. The van der Waals surface area contributed by atoms with Gasteiger partial charge in [0.2, 0.25) is 0 Å². The molecule has 0 saturated carbocycles. The fourth-order valence-corrected chi connectivity index (χ4v) is 2.03. The second-order valence-corrected chi connectivity index (χ2v) is 5.25. The first kappa shape index (κ1) is 16.3. The van der Waals surface area contributed by atoms with Crippen molar-refractivity contribution in [2.24, 2.45) is 0 Å². The zero-order valence-electron chi connectivity index (χ0n) is 11.7. The van der Waals surface area contributed by atoms with E-state index in [9.17, 15) is 9.59 Å². The zero-order valence-corrected chi connectivity index (χ0v) is 13.2. The van der Waals surface area contributed by atoms with Crippen LogP contribution in [0.15, 0.2) is 29.0 Å². The minimum absolute atomic E-state index is 0.137. The summed E-state index contributed by atoms with van der Waals surface area (Å²) in [5.74, 6) is -0.659. The van der Waals surface area contributed by atoms with Crippen molar-refractivity contribution in [1.29, 1.82) is 0 Å². The summed E-state index contributed by atoms with van der Waals surface area (Å²) < 4.78 is 10.1. The van der Waals surface area contributed by atoms with E-state index in [1.165, 1.54) is 31.5 Å². The van der Waals surface area contributed by atoms with Crippen molar-refractivity contribution < 1.29 is 18.7 Å². The third-order valence-electron chi connectivity index (χ3n) is 2.78. The number of anilines is 1. The molecule has 0 aliphatic rings. The number of pyridine rings is 1. The predicted molar refractivity (Wildman–Crippen MR) is 81.2 cm³/mol. The minimum Gasteiger partial charge on any atom is -0.469 e. The molecule has 22 heavy (non-hydrogen) atoms. The smallest absolute Gasteiger partial charge is 0.342 e. The zero-order chi connectivity index (χ0) is 16.3. The molecule has 1 unspecified atom stereocenters. The summed E-state index contributed by atoms with van der Waals surface area (Å²) in [5, 5.41) is 2.99. The van der Waals surface area contributed by atoms with E-state index in [4.69, 9.17) is 32.4 Å². The summed E-state index contributed by atoms with van der Waals surface area (Å²) in [5.41, 5.74) is 0.266. The molecule has 0 saturated heterocycles. The standard InChI is InChI=1S/C14H12Cl2N2O4/c1-7-10(3-4-21-7)14(20)22-8(2)13(19)18-12-11(16)5-9(15)6-17-12/h3-6,8H,1-2H3,(H,17,18,19). The number of nitrogens with zero attached hydrogens (tertiary/aromatic N) is 1. The van der Waals surface area contributed by atoms with Crippen LogP contribution in [0.5, 0.6) is 0 Å². The van der Waals surface area contributed by atoms with E-state index in [1.807, 2.05) is 0 Å². The lowest BCUT2D eigenvalue weighted by Crippen LogP contribution is -2.30. The molecule has 0 radical (unpaired) electrons. The number of halogens is 2. The molecule has 0 aromatic carbocycles. The van der Waals surface area contributed by atoms with Crippen LogP contribution >= 0.6 is 23.2 Å². The lowest BCUT2D eigenvalue weighted by molar-refractivity contribution is -0.123. The van der Waals surface area contributed by atoms with Gasteiger partial charge in [-0.1, -0.05) is 23.2 Å². The number of carbonyl (C=O) groups excluding carboxylic acids is 2. The number of ether oxygens (including phenoxy) is 1. The second-order valence-electron chi connectivity index (χ2n) is 4.41. The molecule has 2 heterocycles. The fourth-order valence-electron chi connectivity index (χ4n) is 1.60. The first-order valence-electron chi connectivity index (χ1n) is 6.25. The summed E-state index contributed by atoms with van der Waals surface area (Å²) in [4.78, 5) is 27.8. The van der Waals surface area contributed by atoms with E-state index in [-0.39, 0.29) is 16.4 Å². The van der Waals surface area contributed by atoms with Crippen molar-refractivity contribution in [3.8, 4) is 0 Å². The van der Waals surface area contributed by atoms with Crippen molar-refractivity contribution in [3.05, 3.63) is 46.0 Å². The maximum Gasteiger partial charge on any atom is 0.342 e. The van der Waals surface area contributed by atoms with Gasteiger partial charge in [0.25, 0.3) is 5.91 Å². The molecule has 0 aliphatic carbocycles. The molecule has 6 nitrogen and oxygen atoms in total. The first-order chi connectivity index (χ1) is 10.4. The summed E-state index contributed by atoms with van der Waals surface area (Å²) in [7, 11) is 0. The molecule has 1 N–H and O–H groups in total. The van der Waals surface area contributed by atoms with Crippen molar-refractivity contribution in [2.45, 2.75) is 20.0 Å². The highest BCUT2D eigenvalue weighted by atomic mass is 35.5. The number of furan rings is 1. The number of aromatic nitrogens is 1. The van der Waals surface area contributed by atoms with Crippen LogP contribution in [0.2, 0.25) is 10.0 Å². The van der Waals surface area contributed by atoms with Crippen LogP contribution < -0.4 is 5.32 Å². The van der Waals surface area contributed by atoms with Gasteiger partial charge in [0, 0.05) is 6.20 Å². The average molecular weight is 343 g/mol. The van der Waals surface area contributed by atoms with Crippen LogP contribution in [0.3, 0.4) is 0 Å². The third kappa shape index (κ3) is 3.78. The van der Waals surface area contributed by atoms with Gasteiger partial charge in [0.15, 0.2) is 11.9 Å². The van der Waals surface area contributed by atoms with E-state index >= 15 is 0 Å². The third-order valence-corrected chi connectivity index (χ3v) is 3.28. The molecule has 0 fully saturated rings. The topological polar surface area (TPSA) is 81.4 Å². The van der Waals surface area contributed by atoms with Crippen LogP contribution in [0.4, 0.5) is 5.82 Å². The highest BCUT2D eigenvalue weighted by Gasteiger charge is 2.22. The van der Waals surface area contributed by atoms with Crippen LogP contribution in [-0.2, 0) is 9.53 Å². The van der Waals surface area contributed by atoms with Gasteiger partial charge in [-0.2, -0.15) is 0 Å². The Balaban J connectivity index is 2.00. The van der Waals surface area contributed by atoms with Gasteiger partial charge < -0.3 is 14.5 Å². The van der Waals surface area contributed by atoms with Gasteiger partial charge >= 0.3 is 5.97 Å². The Morgan fingerprint density at radius 1 is 1.41 bits per heavy atom. The lowest BCUT2D eigenvalue weighted by Gasteiger charge is -2.13. The Kier molecular flexibility index (Phi) is 5.05. The maximum absolute atomic E-state index is 12.0. The average Bonchev–Trinajstić information content (AvgIpc) is 2.88. The Bertz CT molecular complexity index is 715. The van der Waals surface area contributed by atoms with Crippen LogP contribution in [0.25, 0.3) is 0 Å². The van der Waals surface area contributed by atoms with E-state index in [2.05, 4.69) is 10.3 Å². The van der Waals surface area contributed by atoms with E-state index in [0.717, 1.165) is 0 Å². The molecule has 8 heteroatoms. The van der Waals surface area contributed by atoms with Gasteiger partial charge in [-0.05, 0) is 26.0 Å². The van der Waals surface area contributed by atoms with Gasteiger partial charge in [0.05, 0.1) is 16.3 Å². The molecule has 1 amide bonds. The maximum atomic E-state index is 12.0. The monoisotopic (exact) mass is 342 g/mol. The molecule has 0 spiro atoms. The predicted octanol–water partition coefficient (Wildman–Crippen LogP) is 3.47. The molecule has 2 aromatic heterocycles. The van der Waals surface area contributed by atoms with Crippen molar-refractivity contribution in [3.63, 3.8) is 0 Å². The Morgan fingerprint density at radius 2 is 2.14 bits per heavy atom. The fraction of sp³-hybridized carbons (Fsp3) is 0.214. The molecule has 0 aliphatic heterocycles. The Hall–Kier alpha value is -2.05. The molecular formula is C14H12Cl2N2O4. The molecular weight excluding hydrogens is 331 g/mol. The Morgan fingerprint density at radius 3 is 2.73 bits per heavy atom. The molecule has 2 aromatic rings. The quantitative estimate of drug-likeness (QED) is 0.860. The van der Waals surface area contributed by atoms with Gasteiger partial charge in [0.1, 0.15) is 11.3 Å². The number of nitrogens with one attached hydrogen (secondary N) is 1. The molecule has 116 valence electrons. The van der Waals surface area contributed by atoms with Crippen molar-refractivity contribution in [2.75, 3.05) is 5.32 Å². The number of amides is 1. The number of esters is 1. The summed E-state index contributed by atoms with van der Waals surface area (Å²) >= 11 is 11.6. The highest BCUT2D eigenvalue weighted by Crippen LogP contribution is 2.22. The Labute approximate surface area is 136 Å². The van der Waals surface area contributed by atoms with Gasteiger partial charge in [-0.15, -0.1) is 0 Å². The van der Waals surface area contributed by atoms with Crippen LogP contribution in [0.1, 0.15) is 23.0 Å². The molecule has 1 atom stereocenters. The number of hydrogen-bond donors (Lipinski definition) is 1. The number of hydrogen-bond acceptors (Lipinski definition) is 5. The van der Waals surface area contributed by atoms with E-state index in [1.54, 1.807) is 6.92 Å². The molecule has 0 bridgehead atoms. The lowest BCUT2D eigenvalue weighted by atomic mass is 10.2. The van der Waals surface area contributed by atoms with Crippen LogP contribution in [-0.4, -0.2) is 23.0 Å². The molecule has 2 rings (SSSR count). The van der Waals surface area contributed by atoms with Gasteiger partial charge in [-0.3, -0.25) is 4.79 Å². The summed E-state index contributed by atoms with van der Waals surface area (Å²) in [6.45, 7) is 3.06. The van der Waals surface area contributed by atoms with Crippen molar-refractivity contribution in [1.82, 2.24) is 4.98 Å². The largest absolute Gasteiger partial charge is 0.469 e. The SMILES string of the molecule is Cc1occc1C(=O)OC(C)C(=O)Nc1ncc(Cl)cc1Cl. The first-order valence-corrected chi connectivity index (χ1v) is 7.01. The highest BCUT2D eigenvalue weighted by molar-refractivity contribution is 6.36. The number of carbonyl (C=O) groups is 2. The van der Waals surface area contributed by atoms with E-state index in [0.29, 0.717) is 10.8 Å². The number of aryl methyl sites for hydroxylation is 1. The number of rotatable bonds is 4. The second kappa shape index (κ2) is 6.81. The minimum atomic E-state index is -1.03. The van der Waals surface area contributed by atoms with Gasteiger partial charge in [-0.25, -0.2) is 9.78 Å². The van der Waals surface area contributed by atoms with E-state index < -0.39 is 18.0 Å². The van der Waals surface area contributed by atoms with Crippen molar-refractivity contribution >= 4 is 40.9 Å². The van der Waals surface area contributed by atoms with Crippen LogP contribution in [0, 0.1) is 6.92 Å². The summed E-state index contributed by atoms with van der Waals surface area (Å²) in [6, 6.07) is 2.91. The summed E-state index contributed by atoms with van der Waals surface area (Å²) in [6.07, 6.45) is 1.68.